The Hall–Kier alpha value is -0.570. The fourth-order valence-corrected chi connectivity index (χ4v) is 2.10. The number of nitrogens with two attached hydrogens (primary N) is 1. The second-order valence-electron chi connectivity index (χ2n) is 5.11. The van der Waals surface area contributed by atoms with Gasteiger partial charge in [-0.3, -0.25) is 4.79 Å². The zero-order chi connectivity index (χ0) is 12.1. The highest BCUT2D eigenvalue weighted by Crippen LogP contribution is 2.34. The molecule has 0 heterocycles. The van der Waals surface area contributed by atoms with Gasteiger partial charge in [-0.15, -0.1) is 0 Å². The second-order valence-corrected chi connectivity index (χ2v) is 5.11. The summed E-state index contributed by atoms with van der Waals surface area (Å²) in [5, 5.41) is 9.34. The molecule has 0 aliphatic rings. The summed E-state index contributed by atoms with van der Waals surface area (Å²) in [5.74, 6) is 0.0520. The van der Waals surface area contributed by atoms with Crippen LogP contribution in [0.3, 0.4) is 0 Å². The molecule has 0 amide bonds. The predicted octanol–water partition coefficient (Wildman–Crippen LogP) is 2.50. The fourth-order valence-electron chi connectivity index (χ4n) is 2.10. The summed E-state index contributed by atoms with van der Waals surface area (Å²) in [6.07, 6.45) is 2.36. The van der Waals surface area contributed by atoms with Gasteiger partial charge in [-0.2, -0.15) is 0 Å². The van der Waals surface area contributed by atoms with Crippen molar-refractivity contribution in [3.05, 3.63) is 0 Å². The van der Waals surface area contributed by atoms with Crippen molar-refractivity contribution in [2.75, 3.05) is 6.54 Å². The number of carboxylic acid groups (broad SMARTS) is 1. The molecule has 2 atom stereocenters. The van der Waals surface area contributed by atoms with Crippen LogP contribution in [0.5, 0.6) is 0 Å². The normalized spacial score (nSPS) is 17.5. The van der Waals surface area contributed by atoms with E-state index in [2.05, 4.69) is 13.8 Å². The van der Waals surface area contributed by atoms with E-state index in [0.29, 0.717) is 24.7 Å². The molecular weight excluding hydrogens is 190 g/mol. The molecule has 3 N–H and O–H groups in total. The van der Waals surface area contributed by atoms with Crippen LogP contribution in [0.1, 0.15) is 47.0 Å². The van der Waals surface area contributed by atoms with Gasteiger partial charge < -0.3 is 10.8 Å². The van der Waals surface area contributed by atoms with Crippen LogP contribution in [-0.2, 0) is 4.79 Å². The Bertz CT molecular complexity index is 204. The summed E-state index contributed by atoms with van der Waals surface area (Å²) in [6.45, 7) is 8.51. The molecule has 90 valence electrons. The highest BCUT2D eigenvalue weighted by Gasteiger charge is 2.38. The van der Waals surface area contributed by atoms with E-state index in [4.69, 9.17) is 5.73 Å². The molecule has 0 aromatic rings. The molecule has 0 aromatic carbocycles. The smallest absolute Gasteiger partial charge is 0.310 e. The molecule has 0 spiro atoms. The maximum absolute atomic E-state index is 11.4. The molecule has 0 aromatic heterocycles. The zero-order valence-corrected chi connectivity index (χ0v) is 10.4. The second kappa shape index (κ2) is 6.11. The highest BCUT2D eigenvalue weighted by atomic mass is 16.4. The molecular formula is C12H25NO2. The first kappa shape index (κ1) is 14.4. The Morgan fingerprint density at radius 2 is 1.87 bits per heavy atom. The molecule has 2 unspecified atom stereocenters. The highest BCUT2D eigenvalue weighted by molar-refractivity contribution is 5.75. The first-order valence-electron chi connectivity index (χ1n) is 5.81. The topological polar surface area (TPSA) is 63.3 Å². The number of rotatable bonds is 7. The van der Waals surface area contributed by atoms with Gasteiger partial charge in [-0.05, 0) is 24.7 Å². The minimum Gasteiger partial charge on any atom is -0.481 e. The zero-order valence-electron chi connectivity index (χ0n) is 10.4. The maximum Gasteiger partial charge on any atom is 0.310 e. The minimum atomic E-state index is -0.737. The van der Waals surface area contributed by atoms with Gasteiger partial charge in [-0.25, -0.2) is 0 Å². The van der Waals surface area contributed by atoms with E-state index in [1.807, 2.05) is 13.8 Å². The van der Waals surface area contributed by atoms with E-state index in [1.54, 1.807) is 0 Å². The van der Waals surface area contributed by atoms with Gasteiger partial charge in [0.25, 0.3) is 0 Å². The van der Waals surface area contributed by atoms with Gasteiger partial charge in [0.2, 0.25) is 0 Å². The molecule has 0 saturated heterocycles. The number of carbonyl (C=O) groups is 1. The van der Waals surface area contributed by atoms with Crippen molar-refractivity contribution in [1.82, 2.24) is 0 Å². The van der Waals surface area contributed by atoms with E-state index in [0.717, 1.165) is 6.42 Å². The minimum absolute atomic E-state index is 0.241. The molecule has 3 heteroatoms. The number of hydrogen-bond acceptors (Lipinski definition) is 2. The number of aliphatic carboxylic acids is 1. The fraction of sp³-hybridized carbons (Fsp3) is 0.917. The molecule has 0 saturated carbocycles. The van der Waals surface area contributed by atoms with E-state index >= 15 is 0 Å². The molecule has 0 bridgehead atoms. The lowest BCUT2D eigenvalue weighted by molar-refractivity contribution is -0.150. The van der Waals surface area contributed by atoms with Crippen molar-refractivity contribution in [2.45, 2.75) is 47.0 Å². The van der Waals surface area contributed by atoms with Gasteiger partial charge in [-0.1, -0.05) is 34.1 Å². The Labute approximate surface area is 93.0 Å². The molecule has 0 rings (SSSR count). The first-order chi connectivity index (χ1) is 6.88. The summed E-state index contributed by atoms with van der Waals surface area (Å²) >= 11 is 0. The monoisotopic (exact) mass is 215 g/mol. The average molecular weight is 215 g/mol. The van der Waals surface area contributed by atoms with Crippen molar-refractivity contribution in [2.24, 2.45) is 23.0 Å². The van der Waals surface area contributed by atoms with Crippen molar-refractivity contribution in [3.63, 3.8) is 0 Å². The SMILES string of the molecule is CCC(C)CC(CN)(CC(C)C)C(=O)O. The average Bonchev–Trinajstić information content (AvgIpc) is 2.15. The van der Waals surface area contributed by atoms with Crippen LogP contribution >= 0.6 is 0 Å². The van der Waals surface area contributed by atoms with Gasteiger partial charge in [0.1, 0.15) is 0 Å². The standard InChI is InChI=1S/C12H25NO2/c1-5-10(4)7-12(8-13,11(14)15)6-9(2)3/h9-10H,5-8,13H2,1-4H3,(H,14,15). The van der Waals surface area contributed by atoms with Crippen LogP contribution < -0.4 is 5.73 Å². The van der Waals surface area contributed by atoms with Crippen LogP contribution in [0.4, 0.5) is 0 Å². The van der Waals surface area contributed by atoms with E-state index in [1.165, 1.54) is 0 Å². The lowest BCUT2D eigenvalue weighted by atomic mass is 9.73. The van der Waals surface area contributed by atoms with Crippen molar-refractivity contribution in [1.29, 1.82) is 0 Å². The van der Waals surface area contributed by atoms with Gasteiger partial charge in [0, 0.05) is 6.54 Å². The summed E-state index contributed by atoms with van der Waals surface area (Å²) in [7, 11) is 0. The Morgan fingerprint density at radius 1 is 1.33 bits per heavy atom. The summed E-state index contributed by atoms with van der Waals surface area (Å²) < 4.78 is 0. The van der Waals surface area contributed by atoms with Crippen molar-refractivity contribution in [3.8, 4) is 0 Å². The largest absolute Gasteiger partial charge is 0.481 e. The van der Waals surface area contributed by atoms with Crippen LogP contribution in [0, 0.1) is 17.3 Å². The third kappa shape index (κ3) is 4.20. The van der Waals surface area contributed by atoms with Gasteiger partial charge in [0.05, 0.1) is 5.41 Å². The van der Waals surface area contributed by atoms with Gasteiger partial charge in [0.15, 0.2) is 0 Å². The first-order valence-corrected chi connectivity index (χ1v) is 5.81. The van der Waals surface area contributed by atoms with Crippen LogP contribution in [0.2, 0.25) is 0 Å². The lowest BCUT2D eigenvalue weighted by Gasteiger charge is -2.32. The lowest BCUT2D eigenvalue weighted by Crippen LogP contribution is -2.41. The van der Waals surface area contributed by atoms with E-state index in [9.17, 15) is 9.90 Å². The van der Waals surface area contributed by atoms with Gasteiger partial charge >= 0.3 is 5.97 Å². The van der Waals surface area contributed by atoms with Crippen LogP contribution in [-0.4, -0.2) is 17.6 Å². The molecule has 15 heavy (non-hydrogen) atoms. The Balaban J connectivity index is 4.73. The van der Waals surface area contributed by atoms with Crippen LogP contribution in [0.15, 0.2) is 0 Å². The maximum atomic E-state index is 11.4. The third-order valence-corrected chi connectivity index (χ3v) is 3.08. The van der Waals surface area contributed by atoms with Crippen LogP contribution in [0.25, 0.3) is 0 Å². The number of carboxylic acids is 1. The summed E-state index contributed by atoms with van der Waals surface area (Å²) in [5.41, 5.74) is 4.96. The Morgan fingerprint density at radius 3 is 2.13 bits per heavy atom. The van der Waals surface area contributed by atoms with E-state index < -0.39 is 11.4 Å². The quantitative estimate of drug-likeness (QED) is 0.686. The van der Waals surface area contributed by atoms with Crippen molar-refractivity contribution < 1.29 is 9.90 Å². The molecule has 0 fully saturated rings. The Kier molecular flexibility index (Phi) is 5.88. The molecule has 0 aliphatic carbocycles. The number of hydrogen-bond donors (Lipinski definition) is 2. The molecule has 3 nitrogen and oxygen atoms in total. The summed E-state index contributed by atoms with van der Waals surface area (Å²) in [4.78, 5) is 11.4. The van der Waals surface area contributed by atoms with E-state index in [-0.39, 0.29) is 6.54 Å². The molecule has 0 radical (unpaired) electrons. The van der Waals surface area contributed by atoms with Crippen molar-refractivity contribution >= 4 is 5.97 Å². The molecule has 0 aliphatic heterocycles. The predicted molar refractivity (Wildman–Crippen MR) is 62.7 cm³/mol. The third-order valence-electron chi connectivity index (χ3n) is 3.08. The summed E-state index contributed by atoms with van der Waals surface area (Å²) in [6, 6.07) is 0.